The van der Waals surface area contributed by atoms with Gasteiger partial charge in [0.15, 0.2) is 0 Å². The second-order valence-corrected chi connectivity index (χ2v) is 7.94. The molecule has 166 valence electrons. The second kappa shape index (κ2) is 10.1. The van der Waals surface area contributed by atoms with Gasteiger partial charge in [0.1, 0.15) is 11.9 Å². The zero-order valence-corrected chi connectivity index (χ0v) is 17.7. The number of aliphatic hydroxyl groups is 1. The highest BCUT2D eigenvalue weighted by atomic mass is 16.5. The fourth-order valence-electron chi connectivity index (χ4n) is 3.85. The minimum absolute atomic E-state index is 0.00765. The molecule has 0 aliphatic carbocycles. The van der Waals surface area contributed by atoms with Crippen molar-refractivity contribution in [1.29, 1.82) is 0 Å². The van der Waals surface area contributed by atoms with E-state index in [1.54, 1.807) is 55.3 Å². The van der Waals surface area contributed by atoms with Gasteiger partial charge in [-0.25, -0.2) is 4.79 Å². The Bertz CT molecular complexity index is 743. The van der Waals surface area contributed by atoms with E-state index in [1.165, 1.54) is 0 Å². The predicted molar refractivity (Wildman–Crippen MR) is 111 cm³/mol. The number of urea groups is 1. The lowest BCUT2D eigenvalue weighted by atomic mass is 9.95. The molecule has 2 N–H and O–H groups in total. The Kier molecular flexibility index (Phi) is 7.52. The molecule has 2 saturated heterocycles. The number of carbonyl (C=O) groups is 2. The molecule has 0 unspecified atom stereocenters. The molecule has 2 heterocycles. The monoisotopic (exact) mass is 421 g/mol. The second-order valence-electron chi connectivity index (χ2n) is 7.94. The summed E-state index contributed by atoms with van der Waals surface area (Å²) in [6, 6.07) is 6.54. The number of anilines is 1. The third kappa shape index (κ3) is 5.62. The Hall–Kier alpha value is -2.36. The van der Waals surface area contributed by atoms with Crippen molar-refractivity contribution in [3.05, 3.63) is 24.3 Å². The van der Waals surface area contributed by atoms with Gasteiger partial charge in [-0.3, -0.25) is 4.79 Å². The first-order valence-electron chi connectivity index (χ1n) is 10.2. The van der Waals surface area contributed by atoms with Crippen LogP contribution in [-0.4, -0.2) is 92.2 Å². The third-order valence-electron chi connectivity index (χ3n) is 5.46. The number of methoxy groups -OCH3 is 1. The van der Waals surface area contributed by atoms with Crippen LogP contribution in [0.3, 0.4) is 0 Å². The topological polar surface area (TPSA) is 101 Å². The minimum Gasteiger partial charge on any atom is -0.497 e. The van der Waals surface area contributed by atoms with Gasteiger partial charge in [0.2, 0.25) is 5.91 Å². The summed E-state index contributed by atoms with van der Waals surface area (Å²) in [4.78, 5) is 28.3. The van der Waals surface area contributed by atoms with Crippen molar-refractivity contribution in [2.45, 2.75) is 43.6 Å². The zero-order valence-electron chi connectivity index (χ0n) is 17.7. The summed E-state index contributed by atoms with van der Waals surface area (Å²) in [5, 5.41) is 13.1. The van der Waals surface area contributed by atoms with Gasteiger partial charge in [-0.2, -0.15) is 0 Å². The van der Waals surface area contributed by atoms with Crippen molar-refractivity contribution >= 4 is 17.6 Å². The van der Waals surface area contributed by atoms with Crippen LogP contribution in [0.25, 0.3) is 0 Å². The van der Waals surface area contributed by atoms with Gasteiger partial charge < -0.3 is 34.4 Å². The molecular weight excluding hydrogens is 390 g/mol. The average molecular weight is 421 g/mol. The number of ether oxygens (including phenoxy) is 3. The van der Waals surface area contributed by atoms with Gasteiger partial charge in [0.25, 0.3) is 0 Å². The van der Waals surface area contributed by atoms with Gasteiger partial charge in [-0.1, -0.05) is 6.07 Å². The quantitative estimate of drug-likeness (QED) is 0.761. The number of β-amino-alcohol motifs (C(OH)–C–C–N with tert-alkyl or cyclic N) is 1. The molecule has 9 nitrogen and oxygen atoms in total. The van der Waals surface area contributed by atoms with Crippen LogP contribution in [0.5, 0.6) is 5.75 Å². The Morgan fingerprint density at radius 1 is 1.30 bits per heavy atom. The summed E-state index contributed by atoms with van der Waals surface area (Å²) in [5.74, 6) is 0.648. The van der Waals surface area contributed by atoms with E-state index in [9.17, 15) is 14.7 Å². The summed E-state index contributed by atoms with van der Waals surface area (Å²) in [7, 11) is 5.01. The zero-order chi connectivity index (χ0) is 21.7. The van der Waals surface area contributed by atoms with E-state index < -0.39 is 6.10 Å². The number of carbonyl (C=O) groups excluding carboxylic acids is 2. The van der Waals surface area contributed by atoms with Gasteiger partial charge in [0.05, 0.1) is 51.5 Å². The molecule has 30 heavy (non-hydrogen) atoms. The standard InChI is InChI=1S/C21H31N3O6/c1-23(2)20(26)10-17-7-8-18-19(30-17)13-29-12-15(25)11-24(18)21(27)22-14-5-4-6-16(9-14)28-3/h4-6,9,15,17-19,25H,7-8,10-13H2,1-3H3,(H,22,27)/t15-,17-,18+,19-/m1/s1. The molecule has 4 atom stereocenters. The molecular formula is C21H31N3O6. The Morgan fingerprint density at radius 3 is 2.83 bits per heavy atom. The van der Waals surface area contributed by atoms with Crippen LogP contribution in [0, 0.1) is 0 Å². The Balaban J connectivity index is 1.71. The predicted octanol–water partition coefficient (Wildman–Crippen LogP) is 1.31. The number of aliphatic hydroxyl groups excluding tert-OH is 1. The minimum atomic E-state index is -0.782. The number of hydrogen-bond donors (Lipinski definition) is 2. The van der Waals surface area contributed by atoms with E-state index in [-0.39, 0.29) is 49.9 Å². The van der Waals surface area contributed by atoms with Crippen LogP contribution in [-0.2, 0) is 14.3 Å². The first kappa shape index (κ1) is 22.3. The molecule has 3 amide bonds. The summed E-state index contributed by atoms with van der Waals surface area (Å²) < 4.78 is 17.0. The maximum absolute atomic E-state index is 13.1. The fourth-order valence-corrected chi connectivity index (χ4v) is 3.85. The SMILES string of the molecule is COc1cccc(NC(=O)N2C[C@@H](O)COC[C@H]3O[C@@H](CC(=O)N(C)C)CC[C@@H]32)c1. The van der Waals surface area contributed by atoms with Crippen LogP contribution < -0.4 is 10.1 Å². The number of hydrogen-bond acceptors (Lipinski definition) is 6. The molecule has 3 rings (SSSR count). The summed E-state index contributed by atoms with van der Waals surface area (Å²) in [5.41, 5.74) is 0.606. The molecule has 0 saturated carbocycles. The van der Waals surface area contributed by atoms with Crippen molar-refractivity contribution in [3.63, 3.8) is 0 Å². The van der Waals surface area contributed by atoms with Crippen LogP contribution in [0.2, 0.25) is 0 Å². The van der Waals surface area contributed by atoms with Gasteiger partial charge in [-0.05, 0) is 25.0 Å². The normalized spacial score (nSPS) is 26.7. The third-order valence-corrected chi connectivity index (χ3v) is 5.46. The van der Waals surface area contributed by atoms with Crippen molar-refractivity contribution in [3.8, 4) is 5.75 Å². The van der Waals surface area contributed by atoms with E-state index in [2.05, 4.69) is 5.32 Å². The van der Waals surface area contributed by atoms with Gasteiger partial charge in [0, 0.05) is 25.8 Å². The molecule has 0 aromatic heterocycles. The lowest BCUT2D eigenvalue weighted by Gasteiger charge is -2.44. The first-order chi connectivity index (χ1) is 14.4. The number of fused-ring (bicyclic) bond motifs is 1. The Morgan fingerprint density at radius 2 is 2.10 bits per heavy atom. The highest BCUT2D eigenvalue weighted by molar-refractivity contribution is 5.89. The van der Waals surface area contributed by atoms with Crippen molar-refractivity contribution < 1.29 is 28.9 Å². The first-order valence-corrected chi connectivity index (χ1v) is 10.2. The molecule has 2 fully saturated rings. The Labute approximate surface area is 176 Å². The summed E-state index contributed by atoms with van der Waals surface area (Å²) in [6.45, 7) is 0.524. The molecule has 0 bridgehead atoms. The molecule has 2 aliphatic heterocycles. The fraction of sp³-hybridized carbons (Fsp3) is 0.619. The van der Waals surface area contributed by atoms with Crippen LogP contribution in [0.4, 0.5) is 10.5 Å². The van der Waals surface area contributed by atoms with Gasteiger partial charge in [-0.15, -0.1) is 0 Å². The van der Waals surface area contributed by atoms with Crippen molar-refractivity contribution in [1.82, 2.24) is 9.80 Å². The number of nitrogens with zero attached hydrogens (tertiary/aromatic N) is 2. The maximum atomic E-state index is 13.1. The molecule has 1 aromatic carbocycles. The maximum Gasteiger partial charge on any atom is 0.322 e. The van der Waals surface area contributed by atoms with E-state index in [1.807, 2.05) is 0 Å². The van der Waals surface area contributed by atoms with E-state index in [0.29, 0.717) is 30.7 Å². The van der Waals surface area contributed by atoms with E-state index in [4.69, 9.17) is 14.2 Å². The molecule has 1 aromatic rings. The number of benzene rings is 1. The summed E-state index contributed by atoms with van der Waals surface area (Å²) in [6.07, 6.45) is 0.265. The summed E-state index contributed by atoms with van der Waals surface area (Å²) >= 11 is 0. The van der Waals surface area contributed by atoms with Gasteiger partial charge >= 0.3 is 6.03 Å². The molecule has 9 heteroatoms. The van der Waals surface area contributed by atoms with Crippen molar-refractivity contribution in [2.24, 2.45) is 0 Å². The highest BCUT2D eigenvalue weighted by Gasteiger charge is 2.40. The smallest absolute Gasteiger partial charge is 0.322 e. The number of rotatable bonds is 4. The van der Waals surface area contributed by atoms with E-state index >= 15 is 0 Å². The molecule has 0 radical (unpaired) electrons. The lowest BCUT2D eigenvalue weighted by molar-refractivity contribution is -0.153. The number of nitrogens with one attached hydrogen (secondary N) is 1. The van der Waals surface area contributed by atoms with E-state index in [0.717, 1.165) is 0 Å². The lowest BCUT2D eigenvalue weighted by Crippen LogP contribution is -2.58. The molecule has 0 spiro atoms. The average Bonchev–Trinajstić information content (AvgIpc) is 2.71. The largest absolute Gasteiger partial charge is 0.497 e. The van der Waals surface area contributed by atoms with Crippen LogP contribution in [0.1, 0.15) is 19.3 Å². The number of amides is 3. The molecule has 2 aliphatic rings. The van der Waals surface area contributed by atoms with Crippen molar-refractivity contribution in [2.75, 3.05) is 46.3 Å². The van der Waals surface area contributed by atoms with Crippen LogP contribution in [0.15, 0.2) is 24.3 Å². The highest BCUT2D eigenvalue weighted by Crippen LogP contribution is 2.28. The van der Waals surface area contributed by atoms with Crippen LogP contribution >= 0.6 is 0 Å².